The molecule has 0 aliphatic rings. The average molecular weight is 260 g/mol. The average Bonchev–Trinajstić information content (AvgIpc) is 2.86. The van der Waals surface area contributed by atoms with Crippen molar-refractivity contribution in [2.24, 2.45) is 0 Å². The molecule has 1 nitrogen and oxygen atoms in total. The maximum absolute atomic E-state index is 10.3. The summed E-state index contributed by atoms with van der Waals surface area (Å²) >= 11 is 1.70. The third kappa shape index (κ3) is 2.82. The van der Waals surface area contributed by atoms with E-state index >= 15 is 0 Å². The molecule has 1 unspecified atom stereocenters. The van der Waals surface area contributed by atoms with Crippen LogP contribution in [-0.2, 0) is 6.42 Å². The Morgan fingerprint density at radius 1 is 1.00 bits per heavy atom. The van der Waals surface area contributed by atoms with Gasteiger partial charge in [0.15, 0.2) is 0 Å². The van der Waals surface area contributed by atoms with Gasteiger partial charge in [0.05, 0.1) is 0 Å². The second-order valence-corrected chi connectivity index (χ2v) is 6.08. The van der Waals surface area contributed by atoms with Gasteiger partial charge in [0.25, 0.3) is 0 Å². The standard InChI is InChI=1S/C16H20OS/c1-4-14-9-10-15(18-14)16(17)13-7-5-12(6-8-13)11(2)3/h5-11,16-17H,4H2,1-3H3. The van der Waals surface area contributed by atoms with E-state index in [0.29, 0.717) is 5.92 Å². The van der Waals surface area contributed by atoms with Crippen LogP contribution in [0.2, 0.25) is 0 Å². The first-order valence-corrected chi connectivity index (χ1v) is 7.30. The van der Waals surface area contributed by atoms with Crippen molar-refractivity contribution in [3.05, 3.63) is 57.3 Å². The van der Waals surface area contributed by atoms with Crippen LogP contribution in [0.3, 0.4) is 0 Å². The minimum Gasteiger partial charge on any atom is -0.383 e. The molecule has 1 atom stereocenters. The van der Waals surface area contributed by atoms with Crippen LogP contribution in [0.15, 0.2) is 36.4 Å². The van der Waals surface area contributed by atoms with E-state index in [4.69, 9.17) is 0 Å². The van der Waals surface area contributed by atoms with Crippen molar-refractivity contribution < 1.29 is 5.11 Å². The lowest BCUT2D eigenvalue weighted by Crippen LogP contribution is -1.97. The second-order valence-electron chi connectivity index (χ2n) is 4.88. The number of aliphatic hydroxyl groups excluding tert-OH is 1. The number of aliphatic hydroxyl groups is 1. The van der Waals surface area contributed by atoms with Crippen LogP contribution in [0.25, 0.3) is 0 Å². The zero-order chi connectivity index (χ0) is 13.1. The van der Waals surface area contributed by atoms with Gasteiger partial charge in [-0.15, -0.1) is 11.3 Å². The van der Waals surface area contributed by atoms with Gasteiger partial charge in [-0.25, -0.2) is 0 Å². The molecule has 2 heteroatoms. The highest BCUT2D eigenvalue weighted by Crippen LogP contribution is 2.29. The zero-order valence-electron chi connectivity index (χ0n) is 11.2. The number of hydrogen-bond donors (Lipinski definition) is 1. The lowest BCUT2D eigenvalue weighted by Gasteiger charge is -2.11. The Morgan fingerprint density at radius 2 is 1.61 bits per heavy atom. The summed E-state index contributed by atoms with van der Waals surface area (Å²) in [6.07, 6.45) is 0.542. The lowest BCUT2D eigenvalue weighted by molar-refractivity contribution is 0.224. The second kappa shape index (κ2) is 5.68. The summed E-state index contributed by atoms with van der Waals surface area (Å²) in [6.45, 7) is 6.50. The predicted octanol–water partition coefficient (Wildman–Crippen LogP) is 4.52. The largest absolute Gasteiger partial charge is 0.383 e. The molecule has 1 aromatic heterocycles. The van der Waals surface area contributed by atoms with Gasteiger partial charge >= 0.3 is 0 Å². The Bertz CT molecular complexity index is 496. The number of aryl methyl sites for hydroxylation is 1. The zero-order valence-corrected chi connectivity index (χ0v) is 12.0. The smallest absolute Gasteiger partial charge is 0.113 e. The topological polar surface area (TPSA) is 20.2 Å². The first kappa shape index (κ1) is 13.3. The molecule has 0 bridgehead atoms. The van der Waals surface area contributed by atoms with Crippen LogP contribution in [0.4, 0.5) is 0 Å². The molecule has 1 heterocycles. The highest BCUT2D eigenvalue weighted by molar-refractivity contribution is 7.12. The van der Waals surface area contributed by atoms with Crippen molar-refractivity contribution in [2.45, 2.75) is 39.2 Å². The van der Waals surface area contributed by atoms with Gasteiger partial charge in [-0.3, -0.25) is 0 Å². The van der Waals surface area contributed by atoms with Crippen LogP contribution in [0.1, 0.15) is 53.7 Å². The number of rotatable bonds is 4. The SMILES string of the molecule is CCc1ccc(C(O)c2ccc(C(C)C)cc2)s1. The molecule has 0 aliphatic heterocycles. The van der Waals surface area contributed by atoms with Gasteiger partial charge in [0.1, 0.15) is 6.10 Å². The molecule has 0 radical (unpaired) electrons. The summed E-state index contributed by atoms with van der Waals surface area (Å²) in [5, 5.41) is 10.3. The van der Waals surface area contributed by atoms with Crippen molar-refractivity contribution in [1.29, 1.82) is 0 Å². The van der Waals surface area contributed by atoms with Gasteiger partial charge in [-0.05, 0) is 35.6 Å². The molecular formula is C16H20OS. The van der Waals surface area contributed by atoms with E-state index in [2.05, 4.69) is 39.0 Å². The summed E-state index contributed by atoms with van der Waals surface area (Å²) < 4.78 is 0. The van der Waals surface area contributed by atoms with Crippen molar-refractivity contribution >= 4 is 11.3 Å². The maximum Gasteiger partial charge on any atom is 0.113 e. The highest BCUT2D eigenvalue weighted by atomic mass is 32.1. The quantitative estimate of drug-likeness (QED) is 0.857. The summed E-state index contributed by atoms with van der Waals surface area (Å²) in [6, 6.07) is 12.4. The van der Waals surface area contributed by atoms with Gasteiger partial charge in [-0.2, -0.15) is 0 Å². The van der Waals surface area contributed by atoms with E-state index in [1.165, 1.54) is 10.4 Å². The van der Waals surface area contributed by atoms with Crippen molar-refractivity contribution in [1.82, 2.24) is 0 Å². The Labute approximate surface area is 113 Å². The molecule has 18 heavy (non-hydrogen) atoms. The van der Waals surface area contributed by atoms with Gasteiger partial charge in [0, 0.05) is 9.75 Å². The van der Waals surface area contributed by atoms with E-state index in [0.717, 1.165) is 16.9 Å². The first-order chi connectivity index (χ1) is 8.61. The third-order valence-corrected chi connectivity index (χ3v) is 4.50. The molecular weight excluding hydrogens is 240 g/mol. The van der Waals surface area contributed by atoms with Crippen molar-refractivity contribution in [3.63, 3.8) is 0 Å². The number of benzene rings is 1. The summed E-state index contributed by atoms with van der Waals surface area (Å²) in [4.78, 5) is 2.35. The fourth-order valence-corrected chi connectivity index (χ4v) is 2.93. The van der Waals surface area contributed by atoms with E-state index in [9.17, 15) is 5.11 Å². The minimum atomic E-state index is -0.489. The molecule has 2 aromatic rings. The first-order valence-electron chi connectivity index (χ1n) is 6.48. The molecule has 1 N–H and O–H groups in total. The lowest BCUT2D eigenvalue weighted by atomic mass is 9.99. The van der Waals surface area contributed by atoms with Gasteiger partial charge in [-0.1, -0.05) is 45.0 Å². The number of thiophene rings is 1. The Kier molecular flexibility index (Phi) is 4.20. The molecule has 96 valence electrons. The monoisotopic (exact) mass is 260 g/mol. The third-order valence-electron chi connectivity index (χ3n) is 3.22. The van der Waals surface area contributed by atoms with Crippen LogP contribution >= 0.6 is 11.3 Å². The van der Waals surface area contributed by atoms with Gasteiger partial charge in [0.2, 0.25) is 0 Å². The van der Waals surface area contributed by atoms with E-state index in [1.54, 1.807) is 11.3 Å². The maximum atomic E-state index is 10.3. The van der Waals surface area contributed by atoms with E-state index in [-0.39, 0.29) is 0 Å². The van der Waals surface area contributed by atoms with Crippen LogP contribution < -0.4 is 0 Å². The summed E-state index contributed by atoms with van der Waals surface area (Å²) in [5.41, 5.74) is 2.29. The summed E-state index contributed by atoms with van der Waals surface area (Å²) in [7, 11) is 0. The Morgan fingerprint density at radius 3 is 2.11 bits per heavy atom. The normalized spacial score (nSPS) is 12.9. The molecule has 2 rings (SSSR count). The molecule has 0 spiro atoms. The Balaban J connectivity index is 2.20. The molecule has 0 saturated carbocycles. The fourth-order valence-electron chi connectivity index (χ4n) is 1.96. The number of hydrogen-bond acceptors (Lipinski definition) is 2. The van der Waals surface area contributed by atoms with Crippen LogP contribution in [0.5, 0.6) is 0 Å². The highest BCUT2D eigenvalue weighted by Gasteiger charge is 2.12. The van der Waals surface area contributed by atoms with E-state index < -0.39 is 6.10 Å². The van der Waals surface area contributed by atoms with Crippen LogP contribution in [0, 0.1) is 0 Å². The van der Waals surface area contributed by atoms with Gasteiger partial charge < -0.3 is 5.11 Å². The molecule has 0 saturated heterocycles. The molecule has 0 aliphatic carbocycles. The predicted molar refractivity (Wildman–Crippen MR) is 78.3 cm³/mol. The van der Waals surface area contributed by atoms with Crippen LogP contribution in [-0.4, -0.2) is 5.11 Å². The molecule has 0 amide bonds. The molecule has 0 fully saturated rings. The summed E-state index contributed by atoms with van der Waals surface area (Å²) in [5.74, 6) is 0.532. The molecule has 1 aromatic carbocycles. The Hall–Kier alpha value is -1.12. The van der Waals surface area contributed by atoms with Crippen molar-refractivity contribution in [2.75, 3.05) is 0 Å². The minimum absolute atomic E-state index is 0.489. The van der Waals surface area contributed by atoms with E-state index in [1.807, 2.05) is 18.2 Å². The van der Waals surface area contributed by atoms with Crippen molar-refractivity contribution in [3.8, 4) is 0 Å². The fraction of sp³-hybridized carbons (Fsp3) is 0.375.